The molecule has 2 aromatic carbocycles. The maximum Gasteiger partial charge on any atom is 0.329 e. The van der Waals surface area contributed by atoms with Crippen LogP contribution in [0.15, 0.2) is 65.3 Å². The summed E-state index contributed by atoms with van der Waals surface area (Å²) >= 11 is 0. The van der Waals surface area contributed by atoms with Crippen LogP contribution in [0.1, 0.15) is 19.4 Å². The minimum atomic E-state index is -0.994. The fourth-order valence-electron chi connectivity index (χ4n) is 3.61. The van der Waals surface area contributed by atoms with Crippen LogP contribution < -0.4 is 4.74 Å². The molecule has 1 atom stereocenters. The van der Waals surface area contributed by atoms with Gasteiger partial charge in [0.05, 0.1) is 13.2 Å². The first-order valence-electron chi connectivity index (χ1n) is 10.9. The summed E-state index contributed by atoms with van der Waals surface area (Å²) in [6.07, 6.45) is 2.38. The maximum absolute atomic E-state index is 10.7. The zero-order chi connectivity index (χ0) is 23.2. The summed E-state index contributed by atoms with van der Waals surface area (Å²) in [5.41, 5.74) is 4.50. The summed E-state index contributed by atoms with van der Waals surface area (Å²) in [6, 6.07) is 18.3. The molecule has 1 N–H and O–H groups in total. The normalized spacial score (nSPS) is 12.1. The number of rotatable bonds is 10. The lowest BCUT2D eigenvalue weighted by Gasteiger charge is -2.13. The highest BCUT2D eigenvalue weighted by Crippen LogP contribution is 2.43. The molecule has 0 radical (unpaired) electrons. The number of nitrogens with zero attached hydrogens (tertiary/aromatic N) is 2. The number of hydrogen-bond acceptors (Lipinski definition) is 6. The van der Waals surface area contributed by atoms with Gasteiger partial charge in [0.15, 0.2) is 0 Å². The summed E-state index contributed by atoms with van der Waals surface area (Å²) in [5, 5.41) is 9.44. The van der Waals surface area contributed by atoms with E-state index in [1.165, 1.54) is 11.9 Å². The highest BCUT2D eigenvalue weighted by Gasteiger charge is 2.23. The van der Waals surface area contributed by atoms with Crippen molar-refractivity contribution in [2.24, 2.45) is 5.92 Å². The molecule has 0 fully saturated rings. The van der Waals surface area contributed by atoms with Gasteiger partial charge in [-0.1, -0.05) is 68.4 Å². The minimum Gasteiger partial charge on any atom is -0.480 e. The third kappa shape index (κ3) is 5.21. The van der Waals surface area contributed by atoms with Gasteiger partial charge in [0.2, 0.25) is 11.6 Å². The number of fused-ring (bicyclic) bond motifs is 1. The molecule has 0 saturated carbocycles. The number of aryl methyl sites for hydroxylation is 1. The lowest BCUT2D eigenvalue weighted by Crippen LogP contribution is -2.18. The van der Waals surface area contributed by atoms with Crippen molar-refractivity contribution >= 4 is 17.1 Å². The standard InChI is InChI=1S/C26H26N2O5/c1-3-18-9-11-19(12-10-18)22-23-25(32-14-17(2)13-31-15-21(29)30)27-16-28-26(23)33-24(22)20-7-5-4-6-8-20/h4-12,16-17H,3,13-15H2,1-2H3,(H,29,30)/t17-/m1/s1. The number of aliphatic carboxylic acids is 1. The van der Waals surface area contributed by atoms with Crippen molar-refractivity contribution in [3.63, 3.8) is 0 Å². The lowest BCUT2D eigenvalue weighted by molar-refractivity contribution is -0.142. The average molecular weight is 447 g/mol. The summed E-state index contributed by atoms with van der Waals surface area (Å²) in [6.45, 7) is 4.30. The number of carbonyl (C=O) groups is 1. The fourth-order valence-corrected chi connectivity index (χ4v) is 3.61. The average Bonchev–Trinajstić information content (AvgIpc) is 3.23. The third-order valence-electron chi connectivity index (χ3n) is 5.27. The predicted octanol–water partition coefficient (Wildman–Crippen LogP) is 5.24. The van der Waals surface area contributed by atoms with Crippen LogP contribution in [0.5, 0.6) is 5.88 Å². The second-order valence-electron chi connectivity index (χ2n) is 7.91. The SMILES string of the molecule is CCc1ccc(-c2c(-c3ccccc3)oc3ncnc(OC[C@H](C)COCC(=O)O)c23)cc1. The largest absolute Gasteiger partial charge is 0.480 e. The topological polar surface area (TPSA) is 94.7 Å². The van der Waals surface area contributed by atoms with Crippen molar-refractivity contribution in [3.05, 3.63) is 66.5 Å². The van der Waals surface area contributed by atoms with Gasteiger partial charge in [-0.05, 0) is 17.5 Å². The smallest absolute Gasteiger partial charge is 0.329 e. The number of benzene rings is 2. The van der Waals surface area contributed by atoms with Crippen LogP contribution in [-0.2, 0) is 16.0 Å². The van der Waals surface area contributed by atoms with E-state index in [-0.39, 0.29) is 19.1 Å². The predicted molar refractivity (Wildman–Crippen MR) is 125 cm³/mol. The second kappa shape index (κ2) is 10.3. The van der Waals surface area contributed by atoms with E-state index in [0.29, 0.717) is 29.3 Å². The molecule has 0 aliphatic heterocycles. The monoisotopic (exact) mass is 446 g/mol. The Hall–Kier alpha value is -3.71. The molecule has 0 saturated heterocycles. The second-order valence-corrected chi connectivity index (χ2v) is 7.91. The first-order chi connectivity index (χ1) is 16.1. The minimum absolute atomic E-state index is 0.0258. The number of carboxylic acids is 1. The third-order valence-corrected chi connectivity index (χ3v) is 5.27. The Morgan fingerprint density at radius 1 is 1.03 bits per heavy atom. The van der Waals surface area contributed by atoms with Crippen molar-refractivity contribution in [1.82, 2.24) is 9.97 Å². The van der Waals surface area contributed by atoms with Gasteiger partial charge in [-0.2, -0.15) is 0 Å². The number of ether oxygens (including phenoxy) is 2. The van der Waals surface area contributed by atoms with Crippen molar-refractivity contribution in [2.45, 2.75) is 20.3 Å². The Labute approximate surface area is 192 Å². The Kier molecular flexibility index (Phi) is 7.00. The number of aromatic nitrogens is 2. The van der Waals surface area contributed by atoms with Crippen LogP contribution >= 0.6 is 0 Å². The molecular formula is C26H26N2O5. The first kappa shape index (κ1) is 22.5. The highest BCUT2D eigenvalue weighted by atomic mass is 16.5. The zero-order valence-corrected chi connectivity index (χ0v) is 18.7. The van der Waals surface area contributed by atoms with Gasteiger partial charge in [0, 0.05) is 17.0 Å². The molecule has 0 aliphatic rings. The van der Waals surface area contributed by atoms with Crippen molar-refractivity contribution in [3.8, 4) is 28.3 Å². The van der Waals surface area contributed by atoms with Gasteiger partial charge in [-0.3, -0.25) is 0 Å². The van der Waals surface area contributed by atoms with Crippen molar-refractivity contribution in [2.75, 3.05) is 19.8 Å². The molecule has 0 amide bonds. The Morgan fingerprint density at radius 2 is 1.79 bits per heavy atom. The molecule has 33 heavy (non-hydrogen) atoms. The number of hydrogen-bond donors (Lipinski definition) is 1. The van der Waals surface area contributed by atoms with Crippen LogP contribution in [0.2, 0.25) is 0 Å². The van der Waals surface area contributed by atoms with Crippen LogP contribution in [0.4, 0.5) is 0 Å². The molecule has 0 bridgehead atoms. The summed E-state index contributed by atoms with van der Waals surface area (Å²) in [5.74, 6) is 0.108. The van der Waals surface area contributed by atoms with Crippen LogP contribution in [-0.4, -0.2) is 40.9 Å². The molecule has 4 aromatic rings. The quantitative estimate of drug-likeness (QED) is 0.356. The molecule has 170 valence electrons. The van der Waals surface area contributed by atoms with Gasteiger partial charge < -0.3 is 19.0 Å². The molecule has 2 heterocycles. The van der Waals surface area contributed by atoms with Gasteiger partial charge in [-0.15, -0.1) is 0 Å². The van der Waals surface area contributed by atoms with Gasteiger partial charge in [-0.25, -0.2) is 14.8 Å². The van der Waals surface area contributed by atoms with Gasteiger partial charge >= 0.3 is 5.97 Å². The van der Waals surface area contributed by atoms with E-state index in [1.807, 2.05) is 37.3 Å². The molecule has 0 spiro atoms. The van der Waals surface area contributed by atoms with Crippen LogP contribution in [0, 0.1) is 5.92 Å². The van der Waals surface area contributed by atoms with Crippen LogP contribution in [0.3, 0.4) is 0 Å². The van der Waals surface area contributed by atoms with E-state index < -0.39 is 5.97 Å². The summed E-state index contributed by atoms with van der Waals surface area (Å²) < 4.78 is 17.4. The fraction of sp³-hybridized carbons (Fsp3) is 0.269. The summed E-state index contributed by atoms with van der Waals surface area (Å²) in [7, 11) is 0. The summed E-state index contributed by atoms with van der Waals surface area (Å²) in [4.78, 5) is 19.4. The molecule has 2 aromatic heterocycles. The van der Waals surface area contributed by atoms with E-state index in [0.717, 1.165) is 23.1 Å². The first-order valence-corrected chi connectivity index (χ1v) is 10.9. The van der Waals surface area contributed by atoms with Crippen molar-refractivity contribution in [1.29, 1.82) is 0 Å². The van der Waals surface area contributed by atoms with Crippen molar-refractivity contribution < 1.29 is 23.8 Å². The van der Waals surface area contributed by atoms with E-state index in [9.17, 15) is 4.79 Å². The zero-order valence-electron chi connectivity index (χ0n) is 18.7. The van der Waals surface area contributed by atoms with E-state index in [1.54, 1.807) is 0 Å². The maximum atomic E-state index is 10.7. The molecule has 7 nitrogen and oxygen atoms in total. The Bertz CT molecular complexity index is 1220. The van der Waals surface area contributed by atoms with Gasteiger partial charge in [0.1, 0.15) is 24.1 Å². The Morgan fingerprint density at radius 3 is 2.48 bits per heavy atom. The number of furan rings is 1. The van der Waals surface area contributed by atoms with E-state index in [4.69, 9.17) is 19.0 Å². The van der Waals surface area contributed by atoms with E-state index >= 15 is 0 Å². The van der Waals surface area contributed by atoms with Gasteiger partial charge in [0.25, 0.3) is 0 Å². The molecule has 4 rings (SSSR count). The molecule has 0 unspecified atom stereocenters. The van der Waals surface area contributed by atoms with Crippen LogP contribution in [0.25, 0.3) is 33.6 Å². The number of carboxylic acid groups (broad SMARTS) is 1. The highest BCUT2D eigenvalue weighted by molar-refractivity contribution is 6.03. The Balaban J connectivity index is 1.73. The molecule has 0 aliphatic carbocycles. The van der Waals surface area contributed by atoms with E-state index in [2.05, 4.69) is 41.2 Å². The lowest BCUT2D eigenvalue weighted by atomic mass is 9.98. The molecular weight excluding hydrogens is 420 g/mol. The molecule has 7 heteroatoms.